The van der Waals surface area contributed by atoms with Gasteiger partial charge in [-0.05, 0) is 32.2 Å². The average Bonchev–Trinajstić information content (AvgIpc) is 2.79. The lowest BCUT2D eigenvalue weighted by atomic mass is 10.1. The molecule has 3 heteroatoms. The van der Waals surface area contributed by atoms with Crippen molar-refractivity contribution >= 4 is 0 Å². The van der Waals surface area contributed by atoms with Crippen molar-refractivity contribution in [2.24, 2.45) is 0 Å². The molecule has 1 heterocycles. The lowest BCUT2D eigenvalue weighted by Gasteiger charge is -2.18. The number of unbranched alkanes of at least 4 members (excludes halogenated alkanes) is 1. The van der Waals surface area contributed by atoms with Crippen molar-refractivity contribution in [1.29, 1.82) is 0 Å². The Kier molecular flexibility index (Phi) is 7.81. The molecule has 0 amide bonds. The van der Waals surface area contributed by atoms with Crippen molar-refractivity contribution in [3.63, 3.8) is 0 Å². The van der Waals surface area contributed by atoms with Gasteiger partial charge in [0.25, 0.3) is 0 Å². The molecule has 1 aliphatic heterocycles. The largest absolute Gasteiger partial charge is 0.383 e. The molecule has 0 aliphatic carbocycles. The van der Waals surface area contributed by atoms with Crippen molar-refractivity contribution in [1.82, 2.24) is 5.32 Å². The molecule has 3 nitrogen and oxygen atoms in total. The normalized spacial score (nSPS) is 22.5. The number of ether oxygens (including phenoxy) is 2. The van der Waals surface area contributed by atoms with Crippen LogP contribution >= 0.6 is 0 Å². The summed E-state index contributed by atoms with van der Waals surface area (Å²) in [5.74, 6) is 0. The Morgan fingerprint density at radius 1 is 1.50 bits per heavy atom. The minimum Gasteiger partial charge on any atom is -0.383 e. The second-order valence-corrected chi connectivity index (χ2v) is 4.67. The van der Waals surface area contributed by atoms with Gasteiger partial charge in [-0.15, -0.1) is 0 Å². The maximum atomic E-state index is 5.60. The molecule has 0 bridgehead atoms. The van der Waals surface area contributed by atoms with E-state index in [2.05, 4.69) is 12.2 Å². The van der Waals surface area contributed by atoms with Gasteiger partial charge in [-0.25, -0.2) is 0 Å². The van der Waals surface area contributed by atoms with E-state index in [0.29, 0.717) is 12.1 Å². The quantitative estimate of drug-likeness (QED) is 0.658. The Morgan fingerprint density at radius 2 is 2.38 bits per heavy atom. The fraction of sp³-hybridized carbons (Fsp3) is 1.00. The molecule has 2 unspecified atom stereocenters. The molecular weight excluding hydrogens is 202 g/mol. The number of hydrogen-bond acceptors (Lipinski definition) is 3. The Morgan fingerprint density at radius 3 is 3.00 bits per heavy atom. The first-order chi connectivity index (χ1) is 7.86. The van der Waals surface area contributed by atoms with Crippen LogP contribution in [0.25, 0.3) is 0 Å². The van der Waals surface area contributed by atoms with Crippen molar-refractivity contribution in [2.45, 2.75) is 57.6 Å². The minimum absolute atomic E-state index is 0.502. The molecule has 0 aromatic rings. The zero-order chi connectivity index (χ0) is 11.6. The average molecular weight is 229 g/mol. The maximum absolute atomic E-state index is 5.60. The summed E-state index contributed by atoms with van der Waals surface area (Å²) in [4.78, 5) is 0. The minimum atomic E-state index is 0.502. The first-order valence-electron chi connectivity index (χ1n) is 6.70. The maximum Gasteiger partial charge on any atom is 0.0615 e. The standard InChI is InChI=1S/C13H27NO2/c1-3-4-6-12(11-15-2)14-9-8-13-7-5-10-16-13/h12-14H,3-11H2,1-2H3. The lowest BCUT2D eigenvalue weighted by Crippen LogP contribution is -2.35. The van der Waals surface area contributed by atoms with E-state index in [9.17, 15) is 0 Å². The van der Waals surface area contributed by atoms with E-state index in [1.807, 2.05) is 0 Å². The van der Waals surface area contributed by atoms with Crippen LogP contribution in [0.4, 0.5) is 0 Å². The summed E-state index contributed by atoms with van der Waals surface area (Å²) in [6.45, 7) is 5.08. The fourth-order valence-electron chi connectivity index (χ4n) is 2.22. The number of hydrogen-bond donors (Lipinski definition) is 1. The summed E-state index contributed by atoms with van der Waals surface area (Å²) < 4.78 is 10.8. The van der Waals surface area contributed by atoms with Gasteiger partial charge in [-0.2, -0.15) is 0 Å². The summed E-state index contributed by atoms with van der Waals surface area (Å²) in [5.41, 5.74) is 0. The zero-order valence-corrected chi connectivity index (χ0v) is 10.8. The Bertz CT molecular complexity index is 158. The van der Waals surface area contributed by atoms with E-state index in [-0.39, 0.29) is 0 Å². The molecule has 0 aromatic heterocycles. The summed E-state index contributed by atoms with van der Waals surface area (Å²) in [6, 6.07) is 0.520. The van der Waals surface area contributed by atoms with Gasteiger partial charge in [0.05, 0.1) is 12.7 Å². The van der Waals surface area contributed by atoms with Crippen LogP contribution in [0, 0.1) is 0 Å². The third-order valence-corrected chi connectivity index (χ3v) is 3.20. The first kappa shape index (κ1) is 13.9. The van der Waals surface area contributed by atoms with Crippen LogP contribution in [-0.4, -0.2) is 39.0 Å². The molecule has 1 aliphatic rings. The molecule has 2 atom stereocenters. The van der Waals surface area contributed by atoms with Crippen molar-refractivity contribution in [3.05, 3.63) is 0 Å². The number of methoxy groups -OCH3 is 1. The van der Waals surface area contributed by atoms with Gasteiger partial charge in [0.1, 0.15) is 0 Å². The van der Waals surface area contributed by atoms with Crippen molar-refractivity contribution in [3.8, 4) is 0 Å². The molecule has 0 saturated carbocycles. The Labute approximate surface area is 99.9 Å². The van der Waals surface area contributed by atoms with Gasteiger partial charge in [0, 0.05) is 19.8 Å². The van der Waals surface area contributed by atoms with Gasteiger partial charge in [-0.3, -0.25) is 0 Å². The van der Waals surface area contributed by atoms with E-state index < -0.39 is 0 Å². The van der Waals surface area contributed by atoms with Gasteiger partial charge in [0.15, 0.2) is 0 Å². The molecule has 0 aromatic carbocycles. The van der Waals surface area contributed by atoms with Crippen LogP contribution in [0.5, 0.6) is 0 Å². The SMILES string of the molecule is CCCCC(COC)NCCC1CCCO1. The van der Waals surface area contributed by atoms with Gasteiger partial charge in [-0.1, -0.05) is 19.8 Å². The third kappa shape index (κ3) is 5.83. The van der Waals surface area contributed by atoms with Crippen LogP contribution in [0.2, 0.25) is 0 Å². The van der Waals surface area contributed by atoms with E-state index in [1.165, 1.54) is 32.1 Å². The highest BCUT2D eigenvalue weighted by molar-refractivity contribution is 4.70. The van der Waals surface area contributed by atoms with Crippen LogP contribution < -0.4 is 5.32 Å². The van der Waals surface area contributed by atoms with E-state index in [1.54, 1.807) is 7.11 Å². The van der Waals surface area contributed by atoms with Crippen molar-refractivity contribution in [2.75, 3.05) is 26.9 Å². The zero-order valence-electron chi connectivity index (χ0n) is 10.8. The number of nitrogens with one attached hydrogen (secondary N) is 1. The molecule has 1 fully saturated rings. The summed E-state index contributed by atoms with van der Waals surface area (Å²) >= 11 is 0. The molecule has 1 rings (SSSR count). The fourth-order valence-corrected chi connectivity index (χ4v) is 2.22. The Balaban J connectivity index is 2.05. The summed E-state index contributed by atoms with van der Waals surface area (Å²) in [6.07, 6.45) is 7.88. The van der Waals surface area contributed by atoms with Crippen LogP contribution in [0.1, 0.15) is 45.4 Å². The predicted octanol–water partition coefficient (Wildman–Crippen LogP) is 2.35. The smallest absolute Gasteiger partial charge is 0.0615 e. The molecule has 16 heavy (non-hydrogen) atoms. The molecule has 96 valence electrons. The summed E-state index contributed by atoms with van der Waals surface area (Å²) in [7, 11) is 1.78. The number of rotatable bonds is 9. The van der Waals surface area contributed by atoms with Crippen LogP contribution in [-0.2, 0) is 9.47 Å². The van der Waals surface area contributed by atoms with E-state index in [0.717, 1.165) is 26.2 Å². The highest BCUT2D eigenvalue weighted by Gasteiger charge is 2.15. The lowest BCUT2D eigenvalue weighted by molar-refractivity contribution is 0.101. The van der Waals surface area contributed by atoms with Gasteiger partial charge in [0.2, 0.25) is 0 Å². The first-order valence-corrected chi connectivity index (χ1v) is 6.70. The van der Waals surface area contributed by atoms with Crippen LogP contribution in [0.3, 0.4) is 0 Å². The molecule has 0 radical (unpaired) electrons. The molecule has 1 saturated heterocycles. The molecule has 0 spiro atoms. The molecular formula is C13H27NO2. The second kappa shape index (κ2) is 8.97. The molecule has 1 N–H and O–H groups in total. The van der Waals surface area contributed by atoms with Crippen LogP contribution in [0.15, 0.2) is 0 Å². The van der Waals surface area contributed by atoms with E-state index >= 15 is 0 Å². The van der Waals surface area contributed by atoms with Crippen molar-refractivity contribution < 1.29 is 9.47 Å². The van der Waals surface area contributed by atoms with Gasteiger partial charge >= 0.3 is 0 Å². The summed E-state index contributed by atoms with van der Waals surface area (Å²) in [5, 5.41) is 3.58. The second-order valence-electron chi connectivity index (χ2n) is 4.67. The van der Waals surface area contributed by atoms with Gasteiger partial charge < -0.3 is 14.8 Å². The highest BCUT2D eigenvalue weighted by Crippen LogP contribution is 2.14. The highest BCUT2D eigenvalue weighted by atomic mass is 16.5. The Hall–Kier alpha value is -0.120. The van der Waals surface area contributed by atoms with E-state index in [4.69, 9.17) is 9.47 Å². The topological polar surface area (TPSA) is 30.5 Å². The third-order valence-electron chi connectivity index (χ3n) is 3.20. The predicted molar refractivity (Wildman–Crippen MR) is 66.8 cm³/mol. The monoisotopic (exact) mass is 229 g/mol.